The lowest BCUT2D eigenvalue weighted by atomic mass is 9.86. The number of rotatable bonds is 13. The van der Waals surface area contributed by atoms with Crippen molar-refractivity contribution in [1.29, 1.82) is 0 Å². The van der Waals surface area contributed by atoms with Crippen molar-refractivity contribution < 1.29 is 37.4 Å². The van der Waals surface area contributed by atoms with Gasteiger partial charge >= 0.3 is 0 Å². The number of nitrogens with one attached hydrogen (secondary N) is 2. The zero-order valence-corrected chi connectivity index (χ0v) is 38.0. The molecule has 2 aromatic heterocycles. The number of alkyl halides is 4. The zero-order chi connectivity index (χ0) is 46.0. The summed E-state index contributed by atoms with van der Waals surface area (Å²) in [6.45, 7) is 17.0. The third-order valence-electron chi connectivity index (χ3n) is 10.2. The van der Waals surface area contributed by atoms with Crippen LogP contribution in [0.15, 0.2) is 60.9 Å². The van der Waals surface area contributed by atoms with E-state index in [9.17, 15) is 37.4 Å². The Balaban J connectivity index is 0.000000931. The molecular weight excluding hydrogens is 801 g/mol. The van der Waals surface area contributed by atoms with Crippen molar-refractivity contribution in [2.24, 2.45) is 23.7 Å². The summed E-state index contributed by atoms with van der Waals surface area (Å²) in [5.41, 5.74) is 5.23. The first-order valence-corrected chi connectivity index (χ1v) is 22.2. The van der Waals surface area contributed by atoms with Crippen LogP contribution in [0.3, 0.4) is 0 Å². The molecule has 2 aromatic carbocycles. The van der Waals surface area contributed by atoms with Gasteiger partial charge in [0.15, 0.2) is 0 Å². The number of hydrogen-bond acceptors (Lipinski definition) is 6. The van der Waals surface area contributed by atoms with Crippen LogP contribution in [0.4, 0.5) is 17.6 Å². The minimum absolute atomic E-state index is 0.0921. The summed E-state index contributed by atoms with van der Waals surface area (Å²) in [7, 11) is 0. The standard InChI is InChI=1S/C38H44F4N6O4.2C4H10.C2H6/c39-37(40)13-9-29(10-14-37)35(51)47(17-19-49)23-33-43-21-31(45-33)27-5-1-25(2-6-27)26-3-7-28(8-4-26)32-22-44-34(46-32)24-48(18-20-50)36(52)30-11-15-38(41,42)16-12-30;2*1-4(2)3;1-2/h1-8,21-22,29-30,49-50H,9-20,23-24H2,(H,43,45)(H,44,46);2*4H,1-3H3;1-2H3. The summed E-state index contributed by atoms with van der Waals surface area (Å²) >= 11 is 0. The fourth-order valence-electron chi connectivity index (χ4n) is 7.09. The van der Waals surface area contributed by atoms with E-state index in [2.05, 4.69) is 61.5 Å². The second-order valence-electron chi connectivity index (χ2n) is 17.3. The number of halogens is 4. The highest BCUT2D eigenvalue weighted by Crippen LogP contribution is 2.38. The highest BCUT2D eigenvalue weighted by Gasteiger charge is 2.40. The van der Waals surface area contributed by atoms with Crippen LogP contribution in [-0.2, 0) is 22.7 Å². The number of benzene rings is 2. The molecule has 2 heterocycles. The molecule has 2 saturated carbocycles. The topological polar surface area (TPSA) is 138 Å². The molecule has 0 unspecified atom stereocenters. The number of aromatic nitrogens is 4. The van der Waals surface area contributed by atoms with Gasteiger partial charge < -0.3 is 30.0 Å². The number of imidazole rings is 2. The number of carbonyl (C=O) groups excluding carboxylic acids is 2. The van der Waals surface area contributed by atoms with Gasteiger partial charge in [-0.3, -0.25) is 9.59 Å². The largest absolute Gasteiger partial charge is 0.395 e. The number of aromatic amines is 2. The minimum Gasteiger partial charge on any atom is -0.395 e. The summed E-state index contributed by atoms with van der Waals surface area (Å²) in [6, 6.07) is 15.8. The molecule has 0 aliphatic heterocycles. The van der Waals surface area contributed by atoms with Crippen molar-refractivity contribution in [3.8, 4) is 33.6 Å². The first-order chi connectivity index (χ1) is 29.4. The van der Waals surface area contributed by atoms with Crippen LogP contribution in [-0.4, -0.2) is 89.9 Å². The van der Waals surface area contributed by atoms with E-state index in [1.54, 1.807) is 12.4 Å². The molecule has 2 amide bonds. The van der Waals surface area contributed by atoms with Gasteiger partial charge in [-0.05, 0) is 59.8 Å². The predicted molar refractivity (Wildman–Crippen MR) is 238 cm³/mol. The maximum atomic E-state index is 13.6. The van der Waals surface area contributed by atoms with Crippen molar-refractivity contribution in [2.75, 3.05) is 26.3 Å². The van der Waals surface area contributed by atoms with Crippen molar-refractivity contribution in [3.63, 3.8) is 0 Å². The van der Waals surface area contributed by atoms with Gasteiger partial charge in [-0.25, -0.2) is 27.5 Å². The first kappa shape index (κ1) is 51.8. The van der Waals surface area contributed by atoms with E-state index in [1.165, 1.54) is 9.80 Å². The Bertz CT molecular complexity index is 1750. The quantitative estimate of drug-likeness (QED) is 0.0987. The van der Waals surface area contributed by atoms with E-state index in [-0.39, 0.29) is 103 Å². The van der Waals surface area contributed by atoms with Crippen molar-refractivity contribution in [2.45, 2.75) is 132 Å². The van der Waals surface area contributed by atoms with Gasteiger partial charge in [0.1, 0.15) is 11.6 Å². The van der Waals surface area contributed by atoms with Gasteiger partial charge in [-0.1, -0.05) is 104 Å². The molecule has 0 atom stereocenters. The van der Waals surface area contributed by atoms with Crippen molar-refractivity contribution >= 4 is 11.8 Å². The number of aliphatic hydroxyl groups is 2. The molecule has 0 saturated heterocycles. The Hall–Kier alpha value is -4.56. The minimum atomic E-state index is -2.72. The maximum absolute atomic E-state index is 13.6. The average Bonchev–Trinajstić information content (AvgIpc) is 3.91. The summed E-state index contributed by atoms with van der Waals surface area (Å²) in [4.78, 5) is 44.5. The highest BCUT2D eigenvalue weighted by molar-refractivity contribution is 5.79. The smallest absolute Gasteiger partial charge is 0.248 e. The molecule has 0 bridgehead atoms. The summed E-state index contributed by atoms with van der Waals surface area (Å²) < 4.78 is 54.5. The third kappa shape index (κ3) is 16.6. The second-order valence-corrected chi connectivity index (χ2v) is 17.3. The molecule has 14 heteroatoms. The number of carbonyl (C=O) groups is 2. The highest BCUT2D eigenvalue weighted by atomic mass is 19.3. The Morgan fingerprint density at radius 1 is 0.597 bits per heavy atom. The lowest BCUT2D eigenvalue weighted by Crippen LogP contribution is -2.40. The fourth-order valence-corrected chi connectivity index (χ4v) is 7.09. The van der Waals surface area contributed by atoms with Crippen LogP contribution in [0.25, 0.3) is 33.6 Å². The lowest BCUT2D eigenvalue weighted by Gasteiger charge is -2.31. The van der Waals surface area contributed by atoms with Crippen LogP contribution in [0.1, 0.15) is 118 Å². The number of H-pyrrole nitrogens is 2. The van der Waals surface area contributed by atoms with E-state index in [1.807, 2.05) is 62.4 Å². The molecule has 0 spiro atoms. The third-order valence-corrected chi connectivity index (χ3v) is 10.2. The van der Waals surface area contributed by atoms with E-state index in [0.29, 0.717) is 11.6 Å². The van der Waals surface area contributed by atoms with Crippen molar-refractivity contribution in [1.82, 2.24) is 29.7 Å². The number of aliphatic hydroxyl groups excluding tert-OH is 2. The predicted octanol–water partition coefficient (Wildman–Crippen LogP) is 10.8. The summed E-state index contributed by atoms with van der Waals surface area (Å²) in [6.07, 6.45) is 2.64. The molecule has 4 N–H and O–H groups in total. The second kappa shape index (κ2) is 24.9. The Kier molecular flexibility index (Phi) is 20.8. The molecule has 4 aromatic rings. The molecule has 344 valence electrons. The Morgan fingerprint density at radius 3 is 1.15 bits per heavy atom. The van der Waals surface area contributed by atoms with Crippen LogP contribution in [0.2, 0.25) is 0 Å². The van der Waals surface area contributed by atoms with E-state index in [0.717, 1.165) is 45.5 Å². The molecule has 2 fully saturated rings. The Morgan fingerprint density at radius 2 is 0.871 bits per heavy atom. The summed E-state index contributed by atoms with van der Waals surface area (Å²) in [5.74, 6) is -4.17. The number of amides is 2. The van der Waals surface area contributed by atoms with E-state index >= 15 is 0 Å². The Labute approximate surface area is 366 Å². The monoisotopic (exact) mass is 871 g/mol. The SMILES string of the molecule is CC.CC(C)C.CC(C)C.O=C(C1CCC(F)(F)CC1)N(CCO)Cc1ncc(-c2ccc(-c3ccc(-c4cnc(CN(CCO)C(=O)C5CCC(F)(F)CC5)[nH]4)cc3)cc2)[nH]1. The average molecular weight is 871 g/mol. The van der Waals surface area contributed by atoms with Gasteiger partial charge in [-0.15, -0.1) is 0 Å². The normalized spacial score (nSPS) is 16.0. The van der Waals surface area contributed by atoms with Crippen LogP contribution in [0.5, 0.6) is 0 Å². The van der Waals surface area contributed by atoms with Crippen LogP contribution < -0.4 is 0 Å². The fraction of sp³-hybridized carbons (Fsp3) is 0.583. The number of nitrogens with zero attached hydrogens (tertiary/aromatic N) is 4. The molecule has 10 nitrogen and oxygen atoms in total. The maximum Gasteiger partial charge on any atom is 0.248 e. The van der Waals surface area contributed by atoms with Gasteiger partial charge in [0, 0.05) is 50.6 Å². The van der Waals surface area contributed by atoms with E-state index in [4.69, 9.17) is 0 Å². The number of hydrogen-bond donors (Lipinski definition) is 4. The summed E-state index contributed by atoms with van der Waals surface area (Å²) in [5, 5.41) is 19.1. The van der Waals surface area contributed by atoms with Gasteiger partial charge in [0.2, 0.25) is 23.7 Å². The van der Waals surface area contributed by atoms with Gasteiger partial charge in [-0.2, -0.15) is 0 Å². The van der Waals surface area contributed by atoms with Gasteiger partial charge in [0.05, 0.1) is 50.1 Å². The molecule has 62 heavy (non-hydrogen) atoms. The molecule has 2 aliphatic carbocycles. The zero-order valence-electron chi connectivity index (χ0n) is 38.0. The van der Waals surface area contributed by atoms with Crippen molar-refractivity contribution in [3.05, 3.63) is 72.6 Å². The van der Waals surface area contributed by atoms with Crippen LogP contribution in [0, 0.1) is 23.7 Å². The van der Waals surface area contributed by atoms with Crippen LogP contribution >= 0.6 is 0 Å². The lowest BCUT2D eigenvalue weighted by molar-refractivity contribution is -0.141. The molecule has 2 aliphatic rings. The molecular formula is C48H70F4N6O4. The van der Waals surface area contributed by atoms with E-state index < -0.39 is 23.7 Å². The molecule has 6 rings (SSSR count). The van der Waals surface area contributed by atoms with Gasteiger partial charge in [0.25, 0.3) is 0 Å². The molecule has 0 radical (unpaired) electrons. The first-order valence-electron chi connectivity index (χ1n) is 22.2.